The highest BCUT2D eigenvalue weighted by atomic mass is 35.5. The molecule has 8 heteroatoms. The van der Waals surface area contributed by atoms with Gasteiger partial charge in [-0.05, 0) is 49.7 Å². The van der Waals surface area contributed by atoms with E-state index in [9.17, 15) is 4.79 Å². The minimum atomic E-state index is -0.684. The second-order valence-corrected chi connectivity index (χ2v) is 7.17. The van der Waals surface area contributed by atoms with Crippen LogP contribution in [0.15, 0.2) is 47.0 Å². The third-order valence-electron chi connectivity index (χ3n) is 4.12. The smallest absolute Gasteiger partial charge is 0.263 e. The lowest BCUT2D eigenvalue weighted by Crippen LogP contribution is -2.37. The Bertz CT molecular complexity index is 990. The third kappa shape index (κ3) is 4.64. The zero-order chi connectivity index (χ0) is 20.3. The Labute approximate surface area is 173 Å². The normalized spacial score (nSPS) is 11.9. The molecule has 0 saturated heterocycles. The van der Waals surface area contributed by atoms with Gasteiger partial charge in [-0.15, -0.1) is 0 Å². The molecule has 1 heterocycles. The van der Waals surface area contributed by atoms with Crippen LogP contribution in [0.1, 0.15) is 18.4 Å². The predicted octanol–water partition coefficient (Wildman–Crippen LogP) is 4.78. The number of rotatable bonds is 6. The zero-order valence-corrected chi connectivity index (χ0v) is 17.2. The molecule has 1 unspecified atom stereocenters. The number of aryl methyl sites for hydroxylation is 1. The average Bonchev–Trinajstić information content (AvgIpc) is 3.12. The number of hydrogen-bond acceptors (Lipinski definition) is 5. The van der Waals surface area contributed by atoms with Crippen molar-refractivity contribution < 1.29 is 14.1 Å². The Kier molecular flexibility index (Phi) is 6.21. The molecule has 0 radical (unpaired) electrons. The number of benzene rings is 2. The van der Waals surface area contributed by atoms with E-state index in [0.29, 0.717) is 33.1 Å². The molecule has 0 saturated carbocycles. The lowest BCUT2D eigenvalue weighted by Gasteiger charge is -2.21. The Morgan fingerprint density at radius 2 is 1.96 bits per heavy atom. The first-order valence-corrected chi connectivity index (χ1v) is 9.36. The van der Waals surface area contributed by atoms with Crippen LogP contribution in [0.25, 0.3) is 11.4 Å². The number of amides is 1. The number of ether oxygens (including phenoxy) is 1. The van der Waals surface area contributed by atoms with Crippen molar-refractivity contribution in [2.75, 3.05) is 7.05 Å². The summed E-state index contributed by atoms with van der Waals surface area (Å²) in [5.74, 6) is 1.04. The van der Waals surface area contributed by atoms with Gasteiger partial charge < -0.3 is 14.2 Å². The second kappa shape index (κ2) is 8.63. The average molecular weight is 420 g/mol. The van der Waals surface area contributed by atoms with Gasteiger partial charge in [0, 0.05) is 17.6 Å². The fourth-order valence-electron chi connectivity index (χ4n) is 2.61. The standard InChI is InChI=1S/C20H19Cl2N3O3/c1-12-10-14(8-9-16(12)21)27-13(2)20(26)25(3)11-18-23-19(24-28-18)15-6-4-5-7-17(15)22/h4-10,13H,11H2,1-3H3. The van der Waals surface area contributed by atoms with Crippen LogP contribution < -0.4 is 4.74 Å². The number of likely N-dealkylation sites (N-methyl/N-ethyl adjacent to an activating group) is 1. The number of hydrogen-bond donors (Lipinski definition) is 0. The quantitative estimate of drug-likeness (QED) is 0.574. The van der Waals surface area contributed by atoms with Gasteiger partial charge in [-0.1, -0.05) is 40.5 Å². The summed E-state index contributed by atoms with van der Waals surface area (Å²) < 4.78 is 11.0. The van der Waals surface area contributed by atoms with Gasteiger partial charge >= 0.3 is 0 Å². The molecule has 0 spiro atoms. The highest BCUT2D eigenvalue weighted by molar-refractivity contribution is 6.33. The molecule has 0 aliphatic carbocycles. The van der Waals surface area contributed by atoms with E-state index in [4.69, 9.17) is 32.5 Å². The van der Waals surface area contributed by atoms with E-state index in [2.05, 4.69) is 10.1 Å². The van der Waals surface area contributed by atoms with Crippen molar-refractivity contribution in [1.29, 1.82) is 0 Å². The van der Waals surface area contributed by atoms with Crippen LogP contribution in [0.5, 0.6) is 5.75 Å². The van der Waals surface area contributed by atoms with Crippen molar-refractivity contribution >= 4 is 29.1 Å². The van der Waals surface area contributed by atoms with Crippen molar-refractivity contribution in [3.8, 4) is 17.1 Å². The molecule has 0 aliphatic rings. The number of nitrogens with zero attached hydrogens (tertiary/aromatic N) is 3. The maximum atomic E-state index is 12.6. The van der Waals surface area contributed by atoms with Crippen LogP contribution in [0.2, 0.25) is 10.0 Å². The molecule has 28 heavy (non-hydrogen) atoms. The second-order valence-electron chi connectivity index (χ2n) is 6.36. The lowest BCUT2D eigenvalue weighted by atomic mass is 10.2. The van der Waals surface area contributed by atoms with E-state index in [1.165, 1.54) is 4.90 Å². The molecule has 146 valence electrons. The number of carbonyl (C=O) groups excluding carboxylic acids is 1. The molecule has 1 amide bonds. The van der Waals surface area contributed by atoms with Crippen LogP contribution in [-0.4, -0.2) is 34.1 Å². The SMILES string of the molecule is Cc1cc(OC(C)C(=O)N(C)Cc2nc(-c3ccccc3Cl)no2)ccc1Cl. The van der Waals surface area contributed by atoms with Gasteiger partial charge in [0.1, 0.15) is 5.75 Å². The molecule has 0 bridgehead atoms. The van der Waals surface area contributed by atoms with E-state index >= 15 is 0 Å². The van der Waals surface area contributed by atoms with Gasteiger partial charge in [0.25, 0.3) is 5.91 Å². The summed E-state index contributed by atoms with van der Waals surface area (Å²) >= 11 is 12.2. The Morgan fingerprint density at radius 1 is 1.21 bits per heavy atom. The zero-order valence-electron chi connectivity index (χ0n) is 15.6. The molecule has 6 nitrogen and oxygen atoms in total. The largest absolute Gasteiger partial charge is 0.481 e. The summed E-state index contributed by atoms with van der Waals surface area (Å²) in [4.78, 5) is 18.4. The van der Waals surface area contributed by atoms with E-state index in [-0.39, 0.29) is 12.5 Å². The summed E-state index contributed by atoms with van der Waals surface area (Å²) in [5.41, 5.74) is 1.55. The van der Waals surface area contributed by atoms with E-state index in [1.807, 2.05) is 19.1 Å². The maximum absolute atomic E-state index is 12.6. The Morgan fingerprint density at radius 3 is 2.68 bits per heavy atom. The first-order chi connectivity index (χ1) is 13.3. The van der Waals surface area contributed by atoms with Crippen molar-refractivity contribution in [2.24, 2.45) is 0 Å². The molecule has 2 aromatic carbocycles. The van der Waals surface area contributed by atoms with Gasteiger partial charge in [-0.2, -0.15) is 4.98 Å². The van der Waals surface area contributed by atoms with Crippen LogP contribution in [0.3, 0.4) is 0 Å². The van der Waals surface area contributed by atoms with Gasteiger partial charge in [0.15, 0.2) is 6.10 Å². The minimum absolute atomic E-state index is 0.156. The molecule has 0 N–H and O–H groups in total. The molecule has 1 aromatic heterocycles. The summed E-state index contributed by atoms with van der Waals surface area (Å²) in [6.45, 7) is 3.72. The summed E-state index contributed by atoms with van der Waals surface area (Å²) in [5, 5.41) is 5.11. The monoisotopic (exact) mass is 419 g/mol. The third-order valence-corrected chi connectivity index (χ3v) is 4.88. The van der Waals surface area contributed by atoms with Crippen molar-refractivity contribution in [1.82, 2.24) is 15.0 Å². The highest BCUT2D eigenvalue weighted by Gasteiger charge is 2.22. The van der Waals surface area contributed by atoms with Crippen molar-refractivity contribution in [3.05, 3.63) is 64.0 Å². The first kappa shape index (κ1) is 20.2. The van der Waals surface area contributed by atoms with Crippen molar-refractivity contribution in [2.45, 2.75) is 26.5 Å². The molecule has 0 aliphatic heterocycles. The van der Waals surface area contributed by atoms with Gasteiger partial charge in [-0.25, -0.2) is 0 Å². The summed E-state index contributed by atoms with van der Waals surface area (Å²) in [7, 11) is 1.65. The van der Waals surface area contributed by atoms with Gasteiger partial charge in [-0.3, -0.25) is 4.79 Å². The number of halogens is 2. The topological polar surface area (TPSA) is 68.5 Å². The Hall–Kier alpha value is -2.57. The molecule has 1 atom stereocenters. The summed E-state index contributed by atoms with van der Waals surface area (Å²) in [6, 6.07) is 12.5. The molecular formula is C20H19Cl2N3O3. The predicted molar refractivity (Wildman–Crippen MR) is 107 cm³/mol. The minimum Gasteiger partial charge on any atom is -0.481 e. The first-order valence-electron chi connectivity index (χ1n) is 8.60. The Balaban J connectivity index is 1.64. The van der Waals surface area contributed by atoms with Crippen LogP contribution in [-0.2, 0) is 11.3 Å². The molecule has 3 aromatic rings. The van der Waals surface area contributed by atoms with Crippen LogP contribution >= 0.6 is 23.2 Å². The van der Waals surface area contributed by atoms with Crippen molar-refractivity contribution in [3.63, 3.8) is 0 Å². The maximum Gasteiger partial charge on any atom is 0.263 e. The molecule has 0 fully saturated rings. The highest BCUT2D eigenvalue weighted by Crippen LogP contribution is 2.25. The fourth-order valence-corrected chi connectivity index (χ4v) is 2.95. The van der Waals surface area contributed by atoms with E-state index < -0.39 is 6.10 Å². The van der Waals surface area contributed by atoms with Crippen LogP contribution in [0.4, 0.5) is 0 Å². The van der Waals surface area contributed by atoms with E-state index in [1.54, 1.807) is 44.3 Å². The summed E-state index contributed by atoms with van der Waals surface area (Å²) in [6.07, 6.45) is -0.684. The number of aromatic nitrogens is 2. The van der Waals surface area contributed by atoms with Gasteiger partial charge in [0.05, 0.1) is 11.6 Å². The van der Waals surface area contributed by atoms with Crippen LogP contribution in [0, 0.1) is 6.92 Å². The van der Waals surface area contributed by atoms with Gasteiger partial charge in [0.2, 0.25) is 11.7 Å². The fraction of sp³-hybridized carbons (Fsp3) is 0.250. The number of carbonyl (C=O) groups is 1. The lowest BCUT2D eigenvalue weighted by molar-refractivity contribution is -0.137. The molecule has 3 rings (SSSR count). The van der Waals surface area contributed by atoms with E-state index in [0.717, 1.165) is 5.56 Å². The molecular weight excluding hydrogens is 401 g/mol.